The van der Waals surface area contributed by atoms with Gasteiger partial charge in [-0.3, -0.25) is 0 Å². The van der Waals surface area contributed by atoms with Crippen LogP contribution < -0.4 is 5.32 Å². The van der Waals surface area contributed by atoms with Crippen molar-refractivity contribution in [1.29, 1.82) is 0 Å². The molecule has 0 atom stereocenters. The molecule has 0 saturated carbocycles. The minimum Gasteiger partial charge on any atom is -0.465 e. The van der Waals surface area contributed by atoms with Crippen molar-refractivity contribution >= 4 is 5.97 Å². The van der Waals surface area contributed by atoms with E-state index in [1.54, 1.807) is 12.1 Å². The van der Waals surface area contributed by atoms with Crippen LogP contribution in [0.15, 0.2) is 54.6 Å². The van der Waals surface area contributed by atoms with Gasteiger partial charge in [0.25, 0.3) is 0 Å². The molecule has 3 heteroatoms. The van der Waals surface area contributed by atoms with Crippen LogP contribution in [-0.4, -0.2) is 19.6 Å². The quantitative estimate of drug-likeness (QED) is 0.626. The van der Waals surface area contributed by atoms with Crippen molar-refractivity contribution in [2.24, 2.45) is 0 Å². The van der Waals surface area contributed by atoms with E-state index in [-0.39, 0.29) is 5.97 Å². The number of carbonyl (C=O) groups is 1. The Morgan fingerprint density at radius 3 is 2.38 bits per heavy atom. The zero-order valence-electron chi connectivity index (χ0n) is 12.3. The van der Waals surface area contributed by atoms with Gasteiger partial charge in [0.2, 0.25) is 0 Å². The van der Waals surface area contributed by atoms with Crippen LogP contribution in [0, 0.1) is 0 Å². The van der Waals surface area contributed by atoms with Crippen molar-refractivity contribution in [3.8, 4) is 0 Å². The number of methoxy groups -OCH3 is 1. The van der Waals surface area contributed by atoms with Crippen molar-refractivity contribution in [2.75, 3.05) is 13.7 Å². The molecule has 2 aromatic rings. The van der Waals surface area contributed by atoms with Crippen molar-refractivity contribution in [3.05, 3.63) is 71.3 Å². The first-order chi connectivity index (χ1) is 10.3. The highest BCUT2D eigenvalue weighted by Crippen LogP contribution is 2.06. The predicted molar refractivity (Wildman–Crippen MR) is 84.3 cm³/mol. The lowest BCUT2D eigenvalue weighted by Crippen LogP contribution is -2.15. The molecule has 0 aliphatic heterocycles. The van der Waals surface area contributed by atoms with Gasteiger partial charge in [-0.1, -0.05) is 42.5 Å². The molecule has 0 fully saturated rings. The second-order valence-corrected chi connectivity index (χ2v) is 4.95. The van der Waals surface area contributed by atoms with Crippen LogP contribution in [0.2, 0.25) is 0 Å². The van der Waals surface area contributed by atoms with Crippen LogP contribution in [0.5, 0.6) is 0 Å². The normalized spacial score (nSPS) is 10.3. The molecule has 1 N–H and O–H groups in total. The Morgan fingerprint density at radius 2 is 1.71 bits per heavy atom. The third-order valence-electron chi connectivity index (χ3n) is 3.37. The topological polar surface area (TPSA) is 38.3 Å². The fourth-order valence-electron chi connectivity index (χ4n) is 2.17. The lowest BCUT2D eigenvalue weighted by molar-refractivity contribution is 0.0600. The largest absolute Gasteiger partial charge is 0.465 e. The Morgan fingerprint density at radius 1 is 1.00 bits per heavy atom. The maximum absolute atomic E-state index is 11.3. The summed E-state index contributed by atoms with van der Waals surface area (Å²) in [7, 11) is 1.39. The summed E-state index contributed by atoms with van der Waals surface area (Å²) in [4.78, 5) is 11.3. The molecule has 2 rings (SSSR count). The van der Waals surface area contributed by atoms with Crippen molar-refractivity contribution in [3.63, 3.8) is 0 Å². The van der Waals surface area contributed by atoms with E-state index >= 15 is 0 Å². The van der Waals surface area contributed by atoms with E-state index in [1.165, 1.54) is 18.2 Å². The zero-order valence-corrected chi connectivity index (χ0v) is 12.3. The average Bonchev–Trinajstić information content (AvgIpc) is 2.55. The molecular weight excluding hydrogens is 262 g/mol. The summed E-state index contributed by atoms with van der Waals surface area (Å²) in [5.74, 6) is -0.294. The first-order valence-electron chi connectivity index (χ1n) is 7.21. The van der Waals surface area contributed by atoms with E-state index in [0.29, 0.717) is 5.56 Å². The molecule has 0 unspecified atom stereocenters. The summed E-state index contributed by atoms with van der Waals surface area (Å²) in [6.45, 7) is 1.80. The number of benzene rings is 2. The summed E-state index contributed by atoms with van der Waals surface area (Å²) in [6.07, 6.45) is 2.21. The van der Waals surface area contributed by atoms with Crippen LogP contribution >= 0.6 is 0 Å². The molecule has 0 bridgehead atoms. The second kappa shape index (κ2) is 8.22. The third-order valence-corrected chi connectivity index (χ3v) is 3.37. The fourth-order valence-corrected chi connectivity index (χ4v) is 2.17. The summed E-state index contributed by atoms with van der Waals surface area (Å²) in [6, 6.07) is 18.0. The van der Waals surface area contributed by atoms with Crippen LogP contribution in [0.4, 0.5) is 0 Å². The number of esters is 1. The molecule has 110 valence electrons. The van der Waals surface area contributed by atoms with E-state index in [2.05, 4.69) is 34.3 Å². The number of carbonyl (C=O) groups excluding carboxylic acids is 1. The highest BCUT2D eigenvalue weighted by atomic mass is 16.5. The first-order valence-corrected chi connectivity index (χ1v) is 7.21. The maximum Gasteiger partial charge on any atom is 0.337 e. The van der Waals surface area contributed by atoms with Gasteiger partial charge in [0, 0.05) is 6.54 Å². The predicted octanol–water partition coefficient (Wildman–Crippen LogP) is 3.20. The number of ether oxygens (including phenoxy) is 1. The Kier molecular flexibility index (Phi) is 5.98. The smallest absolute Gasteiger partial charge is 0.337 e. The van der Waals surface area contributed by atoms with Gasteiger partial charge in [-0.05, 0) is 42.6 Å². The Hall–Kier alpha value is -2.13. The van der Waals surface area contributed by atoms with Crippen molar-refractivity contribution in [1.82, 2.24) is 5.32 Å². The molecule has 0 amide bonds. The highest BCUT2D eigenvalue weighted by molar-refractivity contribution is 5.89. The Bertz CT molecular complexity index is 549. The standard InChI is InChI=1S/C18H21NO2/c1-21-18(20)17-11-9-16(10-12-17)14-19-13-5-8-15-6-3-2-4-7-15/h2-4,6-7,9-12,19H,5,8,13-14H2,1H3. The maximum atomic E-state index is 11.3. The molecule has 2 aromatic carbocycles. The summed E-state index contributed by atoms with van der Waals surface area (Å²) >= 11 is 0. The van der Waals surface area contributed by atoms with E-state index in [9.17, 15) is 4.79 Å². The molecule has 0 spiro atoms. The molecular formula is C18H21NO2. The second-order valence-electron chi connectivity index (χ2n) is 4.95. The number of rotatable bonds is 7. The molecule has 3 nitrogen and oxygen atoms in total. The summed E-state index contributed by atoms with van der Waals surface area (Å²) < 4.78 is 4.68. The van der Waals surface area contributed by atoms with Gasteiger partial charge >= 0.3 is 5.97 Å². The SMILES string of the molecule is COC(=O)c1ccc(CNCCCc2ccccc2)cc1. The number of aryl methyl sites for hydroxylation is 1. The molecule has 0 aliphatic carbocycles. The van der Waals surface area contributed by atoms with Crippen molar-refractivity contribution in [2.45, 2.75) is 19.4 Å². The molecule has 21 heavy (non-hydrogen) atoms. The molecule has 0 radical (unpaired) electrons. The van der Waals surface area contributed by atoms with E-state index in [0.717, 1.165) is 25.9 Å². The van der Waals surface area contributed by atoms with Gasteiger partial charge < -0.3 is 10.1 Å². The monoisotopic (exact) mass is 283 g/mol. The lowest BCUT2D eigenvalue weighted by Gasteiger charge is -2.06. The number of hydrogen-bond donors (Lipinski definition) is 1. The van der Waals surface area contributed by atoms with E-state index < -0.39 is 0 Å². The minimum atomic E-state index is -0.294. The van der Waals surface area contributed by atoms with Gasteiger partial charge in [0.15, 0.2) is 0 Å². The summed E-state index contributed by atoms with van der Waals surface area (Å²) in [5.41, 5.74) is 3.13. The fraction of sp³-hybridized carbons (Fsp3) is 0.278. The van der Waals surface area contributed by atoms with E-state index in [4.69, 9.17) is 0 Å². The number of nitrogens with one attached hydrogen (secondary N) is 1. The minimum absolute atomic E-state index is 0.294. The summed E-state index contributed by atoms with van der Waals surface area (Å²) in [5, 5.41) is 3.42. The highest BCUT2D eigenvalue weighted by Gasteiger charge is 2.03. The van der Waals surface area contributed by atoms with E-state index in [1.807, 2.05) is 18.2 Å². The lowest BCUT2D eigenvalue weighted by atomic mass is 10.1. The van der Waals surface area contributed by atoms with Gasteiger partial charge in [0.05, 0.1) is 12.7 Å². The van der Waals surface area contributed by atoms with Crippen LogP contribution in [-0.2, 0) is 17.7 Å². The van der Waals surface area contributed by atoms with Crippen LogP contribution in [0.3, 0.4) is 0 Å². The van der Waals surface area contributed by atoms with Gasteiger partial charge in [-0.2, -0.15) is 0 Å². The Labute approximate surface area is 126 Å². The molecule has 0 heterocycles. The third kappa shape index (κ3) is 5.04. The van der Waals surface area contributed by atoms with Gasteiger partial charge in [0.1, 0.15) is 0 Å². The van der Waals surface area contributed by atoms with Gasteiger partial charge in [-0.25, -0.2) is 4.79 Å². The first kappa shape index (κ1) is 15.3. The van der Waals surface area contributed by atoms with Crippen molar-refractivity contribution < 1.29 is 9.53 Å². The van der Waals surface area contributed by atoms with Gasteiger partial charge in [-0.15, -0.1) is 0 Å². The number of hydrogen-bond acceptors (Lipinski definition) is 3. The molecule has 0 aliphatic rings. The Balaban J connectivity index is 1.68. The average molecular weight is 283 g/mol. The van der Waals surface area contributed by atoms with Crippen LogP contribution in [0.1, 0.15) is 27.9 Å². The van der Waals surface area contributed by atoms with Crippen LogP contribution in [0.25, 0.3) is 0 Å². The molecule has 0 saturated heterocycles. The zero-order chi connectivity index (χ0) is 14.9. The molecule has 0 aromatic heterocycles.